The summed E-state index contributed by atoms with van der Waals surface area (Å²) in [5.41, 5.74) is 2.68. The molecule has 0 aliphatic carbocycles. The van der Waals surface area contributed by atoms with Gasteiger partial charge in [-0.25, -0.2) is 4.79 Å². The van der Waals surface area contributed by atoms with Crippen LogP contribution < -0.4 is 4.74 Å². The van der Waals surface area contributed by atoms with Crippen LogP contribution in [0.25, 0.3) is 11.1 Å². The molecule has 0 fully saturated rings. The van der Waals surface area contributed by atoms with Gasteiger partial charge in [0.15, 0.2) is 0 Å². The number of hydrogen-bond donors (Lipinski definition) is 0. The van der Waals surface area contributed by atoms with Crippen LogP contribution in [-0.4, -0.2) is 19.2 Å². The van der Waals surface area contributed by atoms with E-state index in [1.807, 2.05) is 50.2 Å². The highest BCUT2D eigenvalue weighted by atomic mass is 16.5. The monoisotopic (exact) mass is 270 g/mol. The second kappa shape index (κ2) is 6.24. The lowest BCUT2D eigenvalue weighted by molar-refractivity contribution is 0.0601. The van der Waals surface area contributed by atoms with Gasteiger partial charge in [-0.3, -0.25) is 0 Å². The molecule has 20 heavy (non-hydrogen) atoms. The summed E-state index contributed by atoms with van der Waals surface area (Å²) >= 11 is 0. The molecule has 3 heteroatoms. The molecular formula is C17H18O3. The van der Waals surface area contributed by atoms with Crippen molar-refractivity contribution in [2.75, 3.05) is 7.11 Å². The Morgan fingerprint density at radius 3 is 1.85 bits per heavy atom. The van der Waals surface area contributed by atoms with Crippen LogP contribution in [0, 0.1) is 0 Å². The summed E-state index contributed by atoms with van der Waals surface area (Å²) in [6, 6.07) is 15.2. The van der Waals surface area contributed by atoms with Gasteiger partial charge < -0.3 is 9.47 Å². The Morgan fingerprint density at radius 1 is 0.900 bits per heavy atom. The minimum absolute atomic E-state index is 0.167. The molecule has 0 radical (unpaired) electrons. The van der Waals surface area contributed by atoms with Crippen molar-refractivity contribution in [3.8, 4) is 16.9 Å². The molecule has 2 aromatic rings. The van der Waals surface area contributed by atoms with Crippen LogP contribution in [0.5, 0.6) is 5.75 Å². The van der Waals surface area contributed by atoms with Gasteiger partial charge in [0.05, 0.1) is 18.8 Å². The average Bonchev–Trinajstić information content (AvgIpc) is 2.47. The van der Waals surface area contributed by atoms with E-state index in [9.17, 15) is 4.79 Å². The number of carbonyl (C=O) groups is 1. The number of carbonyl (C=O) groups excluding carboxylic acids is 1. The maximum atomic E-state index is 11.4. The standard InChI is InChI=1S/C17H18O3/c1-12(2)20-16-10-8-14(9-11-16)13-4-6-15(7-5-13)17(18)19-3/h4-12H,1-3H3. The van der Waals surface area contributed by atoms with E-state index in [4.69, 9.17) is 4.74 Å². The number of esters is 1. The molecule has 0 unspecified atom stereocenters. The summed E-state index contributed by atoms with van der Waals surface area (Å²) in [6.45, 7) is 4.00. The fourth-order valence-corrected chi connectivity index (χ4v) is 1.91. The van der Waals surface area contributed by atoms with Crippen molar-refractivity contribution < 1.29 is 14.3 Å². The Hall–Kier alpha value is -2.29. The molecule has 0 amide bonds. The van der Waals surface area contributed by atoms with Crippen molar-refractivity contribution in [1.29, 1.82) is 0 Å². The first kappa shape index (κ1) is 14.1. The quantitative estimate of drug-likeness (QED) is 0.790. The second-order valence-corrected chi connectivity index (χ2v) is 4.76. The Kier molecular flexibility index (Phi) is 4.41. The zero-order valence-electron chi connectivity index (χ0n) is 11.9. The summed E-state index contributed by atoms with van der Waals surface area (Å²) in [7, 11) is 1.38. The largest absolute Gasteiger partial charge is 0.491 e. The van der Waals surface area contributed by atoms with Crippen molar-refractivity contribution in [1.82, 2.24) is 0 Å². The first-order valence-corrected chi connectivity index (χ1v) is 6.55. The smallest absolute Gasteiger partial charge is 0.337 e. The average molecular weight is 270 g/mol. The SMILES string of the molecule is COC(=O)c1ccc(-c2ccc(OC(C)C)cc2)cc1. The molecular weight excluding hydrogens is 252 g/mol. The van der Waals surface area contributed by atoms with E-state index in [0.29, 0.717) is 5.56 Å². The second-order valence-electron chi connectivity index (χ2n) is 4.76. The van der Waals surface area contributed by atoms with E-state index in [0.717, 1.165) is 16.9 Å². The van der Waals surface area contributed by atoms with Gasteiger partial charge in [0, 0.05) is 0 Å². The van der Waals surface area contributed by atoms with Gasteiger partial charge in [0.2, 0.25) is 0 Å². The third-order valence-electron chi connectivity index (χ3n) is 2.87. The Balaban J connectivity index is 2.17. The molecule has 104 valence electrons. The number of rotatable bonds is 4. The fraction of sp³-hybridized carbons (Fsp3) is 0.235. The van der Waals surface area contributed by atoms with E-state index in [2.05, 4.69) is 4.74 Å². The highest BCUT2D eigenvalue weighted by Crippen LogP contribution is 2.23. The zero-order valence-corrected chi connectivity index (χ0v) is 11.9. The predicted molar refractivity (Wildman–Crippen MR) is 79.0 cm³/mol. The van der Waals surface area contributed by atoms with Crippen molar-refractivity contribution >= 4 is 5.97 Å². The van der Waals surface area contributed by atoms with E-state index in [1.165, 1.54) is 7.11 Å². The minimum atomic E-state index is -0.322. The van der Waals surface area contributed by atoms with Crippen molar-refractivity contribution in [3.63, 3.8) is 0 Å². The lowest BCUT2D eigenvalue weighted by Crippen LogP contribution is -2.05. The topological polar surface area (TPSA) is 35.5 Å². The minimum Gasteiger partial charge on any atom is -0.491 e. The van der Waals surface area contributed by atoms with Crippen LogP contribution >= 0.6 is 0 Å². The van der Waals surface area contributed by atoms with Crippen molar-refractivity contribution in [3.05, 3.63) is 54.1 Å². The Morgan fingerprint density at radius 2 is 1.40 bits per heavy atom. The van der Waals surface area contributed by atoms with Gasteiger partial charge in [0.25, 0.3) is 0 Å². The summed E-state index contributed by atoms with van der Waals surface area (Å²) in [5.74, 6) is 0.534. The molecule has 0 N–H and O–H groups in total. The molecule has 0 aliphatic heterocycles. The first-order valence-electron chi connectivity index (χ1n) is 6.55. The van der Waals surface area contributed by atoms with Crippen LogP contribution in [0.15, 0.2) is 48.5 Å². The van der Waals surface area contributed by atoms with Gasteiger partial charge >= 0.3 is 5.97 Å². The van der Waals surface area contributed by atoms with Crippen LogP contribution in [0.2, 0.25) is 0 Å². The lowest BCUT2D eigenvalue weighted by atomic mass is 10.0. The van der Waals surface area contributed by atoms with Gasteiger partial charge in [-0.2, -0.15) is 0 Å². The molecule has 3 nitrogen and oxygen atoms in total. The van der Waals surface area contributed by atoms with Crippen LogP contribution in [0.1, 0.15) is 24.2 Å². The third kappa shape index (κ3) is 3.38. The molecule has 0 saturated heterocycles. The zero-order chi connectivity index (χ0) is 14.5. The lowest BCUT2D eigenvalue weighted by Gasteiger charge is -2.10. The number of hydrogen-bond acceptors (Lipinski definition) is 3. The van der Waals surface area contributed by atoms with E-state index < -0.39 is 0 Å². The van der Waals surface area contributed by atoms with Crippen LogP contribution in [0.3, 0.4) is 0 Å². The molecule has 0 atom stereocenters. The van der Waals surface area contributed by atoms with E-state index >= 15 is 0 Å². The Labute approximate surface area is 119 Å². The first-order chi connectivity index (χ1) is 9.60. The predicted octanol–water partition coefficient (Wildman–Crippen LogP) is 3.93. The summed E-state index contributed by atoms with van der Waals surface area (Å²) in [5, 5.41) is 0. The molecule has 2 aromatic carbocycles. The molecule has 0 heterocycles. The van der Waals surface area contributed by atoms with Crippen molar-refractivity contribution in [2.45, 2.75) is 20.0 Å². The molecule has 2 rings (SSSR count). The normalized spacial score (nSPS) is 10.4. The molecule has 0 spiro atoms. The van der Waals surface area contributed by atoms with E-state index in [1.54, 1.807) is 12.1 Å². The third-order valence-corrected chi connectivity index (χ3v) is 2.87. The maximum absolute atomic E-state index is 11.4. The Bertz CT molecular complexity index is 568. The number of ether oxygens (including phenoxy) is 2. The van der Waals surface area contributed by atoms with Gasteiger partial charge in [-0.15, -0.1) is 0 Å². The molecule has 0 saturated carbocycles. The number of methoxy groups -OCH3 is 1. The fourth-order valence-electron chi connectivity index (χ4n) is 1.91. The van der Waals surface area contributed by atoms with Gasteiger partial charge in [-0.1, -0.05) is 24.3 Å². The van der Waals surface area contributed by atoms with Gasteiger partial charge in [0.1, 0.15) is 5.75 Å². The summed E-state index contributed by atoms with van der Waals surface area (Å²) < 4.78 is 10.3. The highest BCUT2D eigenvalue weighted by Gasteiger charge is 2.05. The molecule has 0 bridgehead atoms. The van der Waals surface area contributed by atoms with Crippen molar-refractivity contribution in [2.24, 2.45) is 0 Å². The van der Waals surface area contributed by atoms with Crippen LogP contribution in [0.4, 0.5) is 0 Å². The molecule has 0 aromatic heterocycles. The van der Waals surface area contributed by atoms with Gasteiger partial charge in [-0.05, 0) is 49.2 Å². The van der Waals surface area contributed by atoms with E-state index in [-0.39, 0.29) is 12.1 Å². The van der Waals surface area contributed by atoms with Crippen LogP contribution in [-0.2, 0) is 4.74 Å². The summed E-state index contributed by atoms with van der Waals surface area (Å²) in [6.07, 6.45) is 0.167. The summed E-state index contributed by atoms with van der Waals surface area (Å²) in [4.78, 5) is 11.4. The highest BCUT2D eigenvalue weighted by molar-refractivity contribution is 5.89. The maximum Gasteiger partial charge on any atom is 0.337 e. The number of benzene rings is 2. The molecule has 0 aliphatic rings.